The minimum atomic E-state index is -0.524. The van der Waals surface area contributed by atoms with E-state index in [0.29, 0.717) is 34.3 Å². The second-order valence-corrected chi connectivity index (χ2v) is 8.45. The van der Waals surface area contributed by atoms with E-state index in [0.717, 1.165) is 10.6 Å². The molecule has 0 fully saturated rings. The Morgan fingerprint density at radius 3 is 2.71 bits per heavy atom. The van der Waals surface area contributed by atoms with Crippen molar-refractivity contribution in [2.45, 2.75) is 13.0 Å². The van der Waals surface area contributed by atoms with E-state index in [1.807, 2.05) is 37.3 Å². The van der Waals surface area contributed by atoms with Crippen LogP contribution in [0.1, 0.15) is 6.92 Å². The summed E-state index contributed by atoms with van der Waals surface area (Å²) in [6.07, 6.45) is 1.10. The molecule has 0 unspecified atom stereocenters. The van der Waals surface area contributed by atoms with Crippen molar-refractivity contribution >= 4 is 29.1 Å². The second-order valence-electron chi connectivity index (χ2n) is 7.45. The lowest BCUT2D eigenvalue weighted by Gasteiger charge is -2.14. The predicted molar refractivity (Wildman–Crippen MR) is 132 cm³/mol. The number of thiazole rings is 1. The van der Waals surface area contributed by atoms with Gasteiger partial charge in [0.1, 0.15) is 5.01 Å². The van der Waals surface area contributed by atoms with Crippen LogP contribution in [0.4, 0.5) is 20.8 Å². The van der Waals surface area contributed by atoms with Gasteiger partial charge in [-0.05, 0) is 25.1 Å². The number of hydrogen-bond acceptors (Lipinski definition) is 8. The van der Waals surface area contributed by atoms with Crippen molar-refractivity contribution in [3.8, 4) is 32.4 Å². The Morgan fingerprint density at radius 2 is 1.94 bits per heavy atom. The number of carbonyl (C=O) groups is 1. The molecule has 174 valence electrons. The first kappa shape index (κ1) is 23.1. The number of nitrogens with zero attached hydrogens (tertiary/aromatic N) is 3. The van der Waals surface area contributed by atoms with E-state index >= 15 is 0 Å². The van der Waals surface area contributed by atoms with Crippen LogP contribution in [0.2, 0.25) is 0 Å². The number of nitrogens with one attached hydrogen (secondary N) is 2. The number of hydrogen-bond donors (Lipinski definition) is 3. The molecule has 2 aromatic heterocycles. The molecule has 34 heavy (non-hydrogen) atoms. The lowest BCUT2D eigenvalue weighted by Crippen LogP contribution is -2.37. The van der Waals surface area contributed by atoms with Crippen LogP contribution in [0.15, 0.2) is 60.8 Å². The maximum atomic E-state index is 15.0. The highest BCUT2D eigenvalue weighted by molar-refractivity contribution is 7.18. The molecule has 0 saturated heterocycles. The number of ether oxygens (including phenoxy) is 1. The van der Waals surface area contributed by atoms with Crippen LogP contribution in [-0.2, 0) is 4.74 Å². The summed E-state index contributed by atoms with van der Waals surface area (Å²) in [6.45, 7) is 2.21. The molecule has 0 aliphatic heterocycles. The van der Waals surface area contributed by atoms with Crippen molar-refractivity contribution in [1.29, 1.82) is 0 Å². The van der Waals surface area contributed by atoms with Crippen molar-refractivity contribution in [2.24, 2.45) is 0 Å². The fourth-order valence-corrected chi connectivity index (χ4v) is 4.29. The van der Waals surface area contributed by atoms with Crippen molar-refractivity contribution in [2.75, 3.05) is 24.7 Å². The van der Waals surface area contributed by atoms with Crippen LogP contribution in [0.3, 0.4) is 0 Å². The summed E-state index contributed by atoms with van der Waals surface area (Å²) < 4.78 is 19.6. The quantitative estimate of drug-likeness (QED) is 0.327. The van der Waals surface area contributed by atoms with E-state index in [-0.39, 0.29) is 11.7 Å². The second kappa shape index (κ2) is 10.3. The van der Waals surface area contributed by atoms with Crippen molar-refractivity contribution in [1.82, 2.24) is 20.3 Å². The van der Waals surface area contributed by atoms with E-state index in [4.69, 9.17) is 10.7 Å². The Kier molecular flexibility index (Phi) is 6.98. The van der Waals surface area contributed by atoms with Gasteiger partial charge in [-0.15, -0.1) is 11.3 Å². The van der Waals surface area contributed by atoms with Gasteiger partial charge in [-0.3, -0.25) is 0 Å². The topological polar surface area (TPSA) is 115 Å². The summed E-state index contributed by atoms with van der Waals surface area (Å²) in [5, 5.41) is 6.50. The maximum absolute atomic E-state index is 15.0. The molecule has 0 aliphatic carbocycles. The summed E-state index contributed by atoms with van der Waals surface area (Å²) >= 11 is 1.41. The van der Waals surface area contributed by atoms with Gasteiger partial charge in [-0.1, -0.05) is 36.4 Å². The van der Waals surface area contributed by atoms with Crippen LogP contribution in [0.25, 0.3) is 32.4 Å². The number of methoxy groups -OCH3 is 1. The number of nitrogens with two attached hydrogens (primary N) is 1. The Bertz CT molecular complexity index is 1300. The standard InChI is InChI=1S/C24H23FN6O2S/c1-14(29-24(32)33-2)13-28-23-27-12-11-18(30-23)21-20(16-9-6-10-17(26)19(16)25)31-22(34-21)15-7-4-3-5-8-15/h3-12,14H,13,26H2,1-2H3,(H,29,32)(H,27,28,30)/t14-/m0/s1. The van der Waals surface area contributed by atoms with Crippen molar-refractivity contribution in [3.63, 3.8) is 0 Å². The molecular weight excluding hydrogens is 455 g/mol. The fourth-order valence-electron chi connectivity index (χ4n) is 3.24. The molecule has 2 heterocycles. The van der Waals surface area contributed by atoms with Gasteiger partial charge < -0.3 is 21.1 Å². The van der Waals surface area contributed by atoms with Gasteiger partial charge >= 0.3 is 6.09 Å². The van der Waals surface area contributed by atoms with E-state index in [9.17, 15) is 9.18 Å². The Labute approximate surface area is 200 Å². The number of rotatable bonds is 7. The van der Waals surface area contributed by atoms with Crippen molar-refractivity contribution < 1.29 is 13.9 Å². The minimum absolute atomic E-state index is 0.0508. The molecule has 0 aliphatic rings. The number of benzene rings is 2. The van der Waals surface area contributed by atoms with Gasteiger partial charge in [-0.2, -0.15) is 0 Å². The third-order valence-corrected chi connectivity index (χ3v) is 6.06. The summed E-state index contributed by atoms with van der Waals surface area (Å²) in [7, 11) is 1.31. The molecule has 10 heteroatoms. The lowest BCUT2D eigenvalue weighted by molar-refractivity contribution is 0.168. The number of anilines is 2. The highest BCUT2D eigenvalue weighted by Crippen LogP contribution is 2.41. The first-order valence-electron chi connectivity index (χ1n) is 10.5. The molecule has 0 spiro atoms. The average molecular weight is 479 g/mol. The SMILES string of the molecule is COC(=O)N[C@@H](C)CNc1nccc(-c2sc(-c3ccccc3)nc2-c2cccc(N)c2F)n1. The number of alkyl carbamates (subject to hydrolysis) is 1. The molecule has 1 amide bonds. The summed E-state index contributed by atoms with van der Waals surface area (Å²) in [5.41, 5.74) is 8.14. The van der Waals surface area contributed by atoms with E-state index < -0.39 is 11.9 Å². The highest BCUT2D eigenvalue weighted by atomic mass is 32.1. The Morgan fingerprint density at radius 1 is 1.15 bits per heavy atom. The molecule has 0 saturated carbocycles. The number of carbonyl (C=O) groups excluding carboxylic acids is 1. The van der Waals surface area contributed by atoms with Gasteiger partial charge in [0, 0.05) is 29.9 Å². The number of amides is 1. The predicted octanol–water partition coefficient (Wildman–Crippen LogP) is 4.81. The van der Waals surface area contributed by atoms with Crippen LogP contribution in [0, 0.1) is 5.82 Å². The lowest BCUT2D eigenvalue weighted by atomic mass is 10.1. The third-order valence-electron chi connectivity index (χ3n) is 4.94. The van der Waals surface area contributed by atoms with E-state index in [1.54, 1.807) is 24.4 Å². The average Bonchev–Trinajstić information content (AvgIpc) is 3.30. The zero-order chi connectivity index (χ0) is 24.1. The monoisotopic (exact) mass is 478 g/mol. The van der Waals surface area contributed by atoms with Crippen LogP contribution in [0.5, 0.6) is 0 Å². The maximum Gasteiger partial charge on any atom is 0.407 e. The molecule has 1 atom stereocenters. The first-order valence-corrected chi connectivity index (χ1v) is 11.3. The Hall–Kier alpha value is -4.05. The van der Waals surface area contributed by atoms with Gasteiger partial charge in [0.25, 0.3) is 0 Å². The molecular formula is C24H23FN6O2S. The van der Waals surface area contributed by atoms with Gasteiger partial charge in [0.05, 0.1) is 29.1 Å². The first-order chi connectivity index (χ1) is 16.5. The molecule has 8 nitrogen and oxygen atoms in total. The van der Waals surface area contributed by atoms with Gasteiger partial charge in [-0.25, -0.2) is 24.1 Å². The molecule has 4 aromatic rings. The zero-order valence-corrected chi connectivity index (χ0v) is 19.4. The third kappa shape index (κ3) is 5.12. The summed E-state index contributed by atoms with van der Waals surface area (Å²) in [6, 6.07) is 16.1. The summed E-state index contributed by atoms with van der Waals surface area (Å²) in [5.74, 6) is -0.159. The van der Waals surface area contributed by atoms with Gasteiger partial charge in [0.15, 0.2) is 5.82 Å². The van der Waals surface area contributed by atoms with E-state index in [2.05, 4.69) is 25.3 Å². The summed E-state index contributed by atoms with van der Waals surface area (Å²) in [4.78, 5) is 25.7. The van der Waals surface area contributed by atoms with Crippen LogP contribution in [-0.4, -0.2) is 40.7 Å². The Balaban J connectivity index is 1.71. The smallest absolute Gasteiger partial charge is 0.407 e. The van der Waals surface area contributed by atoms with Crippen LogP contribution >= 0.6 is 11.3 Å². The molecule has 4 N–H and O–H groups in total. The number of aromatic nitrogens is 3. The minimum Gasteiger partial charge on any atom is -0.453 e. The van der Waals surface area contributed by atoms with E-state index in [1.165, 1.54) is 24.5 Å². The molecule has 0 bridgehead atoms. The molecule has 4 rings (SSSR count). The molecule has 0 radical (unpaired) electrons. The van der Waals surface area contributed by atoms with Crippen LogP contribution < -0.4 is 16.4 Å². The zero-order valence-electron chi connectivity index (χ0n) is 18.6. The fraction of sp³-hybridized carbons (Fsp3) is 0.167. The number of halogens is 1. The molecule has 2 aromatic carbocycles. The van der Waals surface area contributed by atoms with Crippen molar-refractivity contribution in [3.05, 3.63) is 66.6 Å². The normalized spacial score (nSPS) is 11.6. The van der Waals surface area contributed by atoms with Gasteiger partial charge in [0.2, 0.25) is 5.95 Å². The largest absolute Gasteiger partial charge is 0.453 e. The highest BCUT2D eigenvalue weighted by Gasteiger charge is 2.21. The number of nitrogen functional groups attached to an aromatic ring is 1.